The molecule has 0 aromatic heterocycles. The molecule has 0 fully saturated rings. The number of thioether (sulfide) groups is 1. The van der Waals surface area contributed by atoms with Crippen LogP contribution in [0.25, 0.3) is 0 Å². The smallest absolute Gasteiger partial charge is 0.340 e. The Labute approximate surface area is 146 Å². The van der Waals surface area contributed by atoms with Gasteiger partial charge in [0.15, 0.2) is 5.17 Å². The van der Waals surface area contributed by atoms with Crippen LogP contribution in [-0.4, -0.2) is 36.8 Å². The molecule has 0 bridgehead atoms. The van der Waals surface area contributed by atoms with Crippen molar-refractivity contribution >= 4 is 34.6 Å². The van der Waals surface area contributed by atoms with E-state index in [4.69, 9.17) is 24.7 Å². The molecule has 1 aromatic carbocycles. The van der Waals surface area contributed by atoms with E-state index in [1.54, 1.807) is 26.0 Å². The van der Waals surface area contributed by atoms with Crippen molar-refractivity contribution in [3.05, 3.63) is 29.8 Å². The Hall–Kier alpha value is -0.900. The number of hydrogen-bond acceptors (Lipinski definition) is 7. The molecule has 0 unspecified atom stereocenters. The van der Waals surface area contributed by atoms with Crippen LogP contribution in [0.1, 0.15) is 19.4 Å². The van der Waals surface area contributed by atoms with E-state index >= 15 is 0 Å². The Morgan fingerprint density at radius 3 is 2.04 bits per heavy atom. The lowest BCUT2D eigenvalue weighted by Crippen LogP contribution is -2.06. The number of benzene rings is 1. The predicted molar refractivity (Wildman–Crippen MR) is 96.2 cm³/mol. The highest BCUT2D eigenvalue weighted by Gasteiger charge is 2.23. The van der Waals surface area contributed by atoms with Crippen LogP contribution in [0.5, 0.6) is 0 Å². The van der Waals surface area contributed by atoms with Gasteiger partial charge in [0.1, 0.15) is 5.49 Å². The zero-order chi connectivity index (χ0) is 18.8. The Kier molecular flexibility index (Phi) is 10.5. The third-order valence-electron chi connectivity index (χ3n) is 2.35. The number of aryl methyl sites for hydroxylation is 1. The lowest BCUT2D eigenvalue weighted by Gasteiger charge is -2.15. The summed E-state index contributed by atoms with van der Waals surface area (Å²) in [5.41, 5.74) is 6.16. The van der Waals surface area contributed by atoms with Crippen molar-refractivity contribution in [3.8, 4) is 0 Å². The molecule has 0 aliphatic carbocycles. The number of nitrogens with two attached hydrogens (primary N) is 1. The molecule has 11 heteroatoms. The van der Waals surface area contributed by atoms with Gasteiger partial charge in [0.25, 0.3) is 10.1 Å². The number of hydrogen-bond donors (Lipinski definition) is 3. The van der Waals surface area contributed by atoms with Crippen molar-refractivity contribution < 1.29 is 26.6 Å². The molecule has 0 saturated carbocycles. The van der Waals surface area contributed by atoms with Crippen LogP contribution in [0.4, 0.5) is 0 Å². The molecule has 0 saturated heterocycles. The molecule has 0 heterocycles. The minimum atomic E-state index is -4.02. The van der Waals surface area contributed by atoms with Crippen molar-refractivity contribution in [2.24, 2.45) is 5.73 Å². The first kappa shape index (κ1) is 23.1. The molecule has 24 heavy (non-hydrogen) atoms. The highest BCUT2D eigenvalue weighted by atomic mass is 32.2. The van der Waals surface area contributed by atoms with Crippen LogP contribution in [0.15, 0.2) is 29.2 Å². The molecular formula is C13H23N2O6PS2. The second-order valence-electron chi connectivity index (χ2n) is 4.37. The maximum Gasteiger partial charge on any atom is 0.340 e. The summed E-state index contributed by atoms with van der Waals surface area (Å²) in [7, 11) is -7.05. The van der Waals surface area contributed by atoms with Crippen molar-refractivity contribution in [2.75, 3.05) is 18.7 Å². The highest BCUT2D eigenvalue weighted by molar-refractivity contribution is 8.17. The van der Waals surface area contributed by atoms with Gasteiger partial charge in [-0.1, -0.05) is 29.5 Å². The summed E-state index contributed by atoms with van der Waals surface area (Å²) in [6.07, 6.45) is 0. The molecule has 8 nitrogen and oxygen atoms in total. The standard InChI is InChI=1S/C7H8O3S.C6H15N2O3PS/c1-6-2-4-7(5-3-6)11(8,9)10;1-3-10-12(9,11-4-2)5-13-6(7)8/h2-5H,1H3,(H,8,9,10);3-5H2,1-2H3,(H3,7,8). The van der Waals surface area contributed by atoms with Crippen LogP contribution >= 0.6 is 19.4 Å². The van der Waals surface area contributed by atoms with Crippen molar-refractivity contribution in [1.29, 1.82) is 5.41 Å². The number of amidine groups is 1. The second kappa shape index (κ2) is 10.9. The van der Waals surface area contributed by atoms with Gasteiger partial charge in [-0.05, 0) is 32.9 Å². The zero-order valence-electron chi connectivity index (χ0n) is 13.8. The molecule has 0 aliphatic rings. The fourth-order valence-corrected chi connectivity index (χ4v) is 4.49. The molecule has 0 amide bonds. The number of nitrogens with one attached hydrogen (secondary N) is 1. The maximum absolute atomic E-state index is 11.7. The van der Waals surface area contributed by atoms with Gasteiger partial charge in [0.2, 0.25) is 0 Å². The molecule has 0 radical (unpaired) electrons. The summed E-state index contributed by atoms with van der Waals surface area (Å²) < 4.78 is 51.2. The summed E-state index contributed by atoms with van der Waals surface area (Å²) in [6, 6.07) is 5.99. The molecule has 1 aromatic rings. The molecule has 0 spiro atoms. The van der Waals surface area contributed by atoms with Gasteiger partial charge in [-0.3, -0.25) is 14.5 Å². The van der Waals surface area contributed by atoms with Gasteiger partial charge >= 0.3 is 7.60 Å². The van der Waals surface area contributed by atoms with E-state index in [9.17, 15) is 13.0 Å². The Morgan fingerprint density at radius 1 is 1.25 bits per heavy atom. The molecular weight excluding hydrogens is 375 g/mol. The quantitative estimate of drug-likeness (QED) is 0.275. The molecule has 0 atom stereocenters. The lowest BCUT2D eigenvalue weighted by atomic mass is 10.2. The largest absolute Gasteiger partial charge is 0.379 e. The number of rotatable bonds is 7. The van der Waals surface area contributed by atoms with E-state index < -0.39 is 17.7 Å². The fourth-order valence-electron chi connectivity index (χ4n) is 1.36. The summed E-state index contributed by atoms with van der Waals surface area (Å²) in [5, 5.41) is 6.86. The lowest BCUT2D eigenvalue weighted by molar-refractivity contribution is 0.224. The van der Waals surface area contributed by atoms with Gasteiger partial charge in [-0.2, -0.15) is 8.42 Å². The summed E-state index contributed by atoms with van der Waals surface area (Å²) in [5.74, 6) is 0. The first-order valence-electron chi connectivity index (χ1n) is 6.93. The second-order valence-corrected chi connectivity index (χ2v) is 9.29. The van der Waals surface area contributed by atoms with E-state index in [-0.39, 0.29) is 15.6 Å². The van der Waals surface area contributed by atoms with Crippen LogP contribution < -0.4 is 5.73 Å². The summed E-state index contributed by atoms with van der Waals surface area (Å²) >= 11 is 0.966. The Bertz CT molecular complexity index is 654. The average Bonchev–Trinajstić information content (AvgIpc) is 2.46. The van der Waals surface area contributed by atoms with E-state index in [1.165, 1.54) is 12.1 Å². The predicted octanol–water partition coefficient (Wildman–Crippen LogP) is 3.08. The van der Waals surface area contributed by atoms with Gasteiger partial charge in [-0.15, -0.1) is 0 Å². The fraction of sp³-hybridized carbons (Fsp3) is 0.462. The minimum absolute atomic E-state index is 0.0666. The average molecular weight is 398 g/mol. The van der Waals surface area contributed by atoms with Crippen LogP contribution in [0.3, 0.4) is 0 Å². The van der Waals surface area contributed by atoms with Gasteiger partial charge < -0.3 is 14.8 Å². The molecule has 1 rings (SSSR count). The van der Waals surface area contributed by atoms with Crippen LogP contribution in [0.2, 0.25) is 0 Å². The van der Waals surface area contributed by atoms with Gasteiger partial charge in [0, 0.05) is 0 Å². The topological polar surface area (TPSA) is 140 Å². The summed E-state index contributed by atoms with van der Waals surface area (Å²) in [6.45, 7) is 5.98. The van der Waals surface area contributed by atoms with Crippen molar-refractivity contribution in [2.45, 2.75) is 25.7 Å². The third-order valence-corrected chi connectivity index (χ3v) is 6.61. The normalized spacial score (nSPS) is 11.5. The van der Waals surface area contributed by atoms with Gasteiger partial charge in [-0.25, -0.2) is 0 Å². The van der Waals surface area contributed by atoms with Gasteiger partial charge in [0.05, 0.1) is 18.1 Å². The Morgan fingerprint density at radius 2 is 1.71 bits per heavy atom. The zero-order valence-corrected chi connectivity index (χ0v) is 16.3. The van der Waals surface area contributed by atoms with Crippen LogP contribution in [0, 0.1) is 12.3 Å². The first-order valence-corrected chi connectivity index (χ1v) is 11.1. The van der Waals surface area contributed by atoms with Crippen LogP contribution in [-0.2, 0) is 23.7 Å². The summed E-state index contributed by atoms with van der Waals surface area (Å²) in [4.78, 5) is -0.0666. The van der Waals surface area contributed by atoms with E-state index in [2.05, 4.69) is 0 Å². The SMILES string of the molecule is CCOP(=O)(CSC(=N)N)OCC.Cc1ccc(S(=O)(=O)O)cc1. The molecule has 4 N–H and O–H groups in total. The van der Waals surface area contributed by atoms with Crippen molar-refractivity contribution in [3.63, 3.8) is 0 Å². The van der Waals surface area contributed by atoms with Crippen molar-refractivity contribution in [1.82, 2.24) is 0 Å². The van der Waals surface area contributed by atoms with E-state index in [0.29, 0.717) is 13.2 Å². The first-order chi connectivity index (χ1) is 11.0. The Balaban J connectivity index is 0.000000446. The minimum Gasteiger partial charge on any atom is -0.379 e. The molecule has 0 aliphatic heterocycles. The highest BCUT2D eigenvalue weighted by Crippen LogP contribution is 2.50. The van der Waals surface area contributed by atoms with E-state index in [1.807, 2.05) is 6.92 Å². The maximum atomic E-state index is 11.7. The monoisotopic (exact) mass is 398 g/mol. The molecule has 138 valence electrons. The van der Waals surface area contributed by atoms with E-state index in [0.717, 1.165) is 17.3 Å². The third kappa shape index (κ3) is 10.1.